The smallest absolute Gasteiger partial charge is 0.377 e. The van der Waals surface area contributed by atoms with Gasteiger partial charge < -0.3 is 48.9 Å². The summed E-state index contributed by atoms with van der Waals surface area (Å²) in [6.45, 7) is 27.1. The van der Waals surface area contributed by atoms with Gasteiger partial charge in [-0.05, 0) is 37.0 Å². The molecule has 1 fully saturated rings. The van der Waals surface area contributed by atoms with Crippen molar-refractivity contribution < 1.29 is 58.5 Å². The molecule has 42 heavy (non-hydrogen) atoms. The van der Waals surface area contributed by atoms with Gasteiger partial charge in [0.2, 0.25) is 11.5 Å². The number of aliphatic hydroxyl groups excluding tert-OH is 5. The molecule has 0 spiro atoms. The van der Waals surface area contributed by atoms with Gasteiger partial charge in [0.05, 0.1) is 13.2 Å². The first kappa shape index (κ1) is 37.9. The first-order valence-corrected chi connectivity index (χ1v) is 20.3. The minimum atomic E-state index is -2.29. The third-order valence-electron chi connectivity index (χ3n) is 8.18. The highest BCUT2D eigenvalue weighted by Crippen LogP contribution is 2.40. The van der Waals surface area contributed by atoms with Gasteiger partial charge >= 0.3 is 11.9 Å². The molecule has 0 aliphatic carbocycles. The second-order valence-electron chi connectivity index (χ2n) is 14.6. The summed E-state index contributed by atoms with van der Waals surface area (Å²) in [5.74, 6) is -4.46. The molecule has 0 saturated carbocycles. The first-order valence-electron chi connectivity index (χ1n) is 13.9. The Balaban J connectivity index is 0.000000341. The Morgan fingerprint density at radius 3 is 1.74 bits per heavy atom. The molecule has 1 saturated heterocycles. The van der Waals surface area contributed by atoms with Crippen molar-refractivity contribution in [3.05, 3.63) is 23.0 Å². The lowest BCUT2D eigenvalue weighted by molar-refractivity contribution is -0.163. The summed E-state index contributed by atoms with van der Waals surface area (Å²) in [7, 11) is -3.15. The van der Waals surface area contributed by atoms with E-state index in [0.29, 0.717) is 5.04 Å². The van der Waals surface area contributed by atoms with Crippen LogP contribution in [0.15, 0.2) is 23.0 Å². The zero-order valence-electron chi connectivity index (χ0n) is 27.3. The van der Waals surface area contributed by atoms with Crippen molar-refractivity contribution in [3.63, 3.8) is 0 Å². The summed E-state index contributed by atoms with van der Waals surface area (Å²) < 4.78 is 25.9. The molecule has 0 amide bonds. The van der Waals surface area contributed by atoms with Crippen molar-refractivity contribution >= 4 is 28.3 Å². The Hall–Kier alpha value is -2.11. The Morgan fingerprint density at radius 2 is 1.40 bits per heavy atom. The first-order chi connectivity index (χ1) is 18.7. The van der Waals surface area contributed by atoms with Gasteiger partial charge in [0.15, 0.2) is 29.5 Å². The molecule has 3 aliphatic heterocycles. The SMILES string of the molecule is CC(C)(C)[Si](C)(C)C.CC(C)(C)[Si](C)(C)OC1=C(O)[C@@H]([C@@H](O)CO)OC1=O.CC1(C)OC[C@@H]([C@H]2OC(=O)C(O)=C2O)O1. The molecule has 3 aliphatic rings. The van der Waals surface area contributed by atoms with Crippen molar-refractivity contribution in [3.8, 4) is 0 Å². The van der Waals surface area contributed by atoms with Gasteiger partial charge in [-0.1, -0.05) is 61.2 Å². The van der Waals surface area contributed by atoms with Crippen LogP contribution in [0, 0.1) is 0 Å². The maximum Gasteiger partial charge on any atom is 0.377 e. The Kier molecular flexibility index (Phi) is 12.0. The standard InChI is InChI=1S/C12H22O6Si.C9H12O6.C7H18Si/c1-12(2,3)19(4,5)18-10-8(15)9(7(14)6-13)17-11(10)16;1-9(2)13-3-4(15-9)7-5(10)6(11)8(12)14-7;1-7(2,3)8(4,5)6/h7,9,13-15H,6H2,1-5H3;4,7,10-11H,3H2,1-2H3;1-6H3/t7-,9+;4-,7+;/m00./s1. The molecular weight excluding hydrogens is 584 g/mol. The fraction of sp³-hybridized carbons (Fsp3) is 0.786. The maximum atomic E-state index is 11.7. The molecule has 5 N–H and O–H groups in total. The Morgan fingerprint density at radius 1 is 0.905 bits per heavy atom. The number of hydrogen-bond acceptors (Lipinski definition) is 12. The van der Waals surface area contributed by atoms with E-state index in [-0.39, 0.29) is 17.4 Å². The minimum Gasteiger partial charge on any atom is -0.536 e. The largest absolute Gasteiger partial charge is 0.536 e. The number of cyclic esters (lactones) is 2. The van der Waals surface area contributed by atoms with Gasteiger partial charge in [-0.15, -0.1) is 0 Å². The number of rotatable bonds is 5. The van der Waals surface area contributed by atoms with E-state index in [2.05, 4.69) is 40.4 Å². The average molecular weight is 637 g/mol. The fourth-order valence-electron chi connectivity index (χ4n) is 2.90. The number of carbonyl (C=O) groups is 2. The van der Waals surface area contributed by atoms with Crippen LogP contribution in [-0.4, -0.2) is 97.3 Å². The molecule has 4 atom stereocenters. The highest BCUT2D eigenvalue weighted by atomic mass is 28.4. The van der Waals surface area contributed by atoms with E-state index in [1.165, 1.54) is 0 Å². The molecule has 0 aromatic heterocycles. The highest BCUT2D eigenvalue weighted by molar-refractivity contribution is 6.78. The monoisotopic (exact) mass is 636 g/mol. The van der Waals surface area contributed by atoms with Crippen molar-refractivity contribution in [2.45, 2.75) is 128 Å². The Labute approximate surface area is 251 Å². The van der Waals surface area contributed by atoms with Crippen LogP contribution >= 0.6 is 0 Å². The molecule has 244 valence electrons. The van der Waals surface area contributed by atoms with Crippen LogP contribution in [0.25, 0.3) is 0 Å². The summed E-state index contributed by atoms with van der Waals surface area (Å²) in [5, 5.41) is 47.1. The van der Waals surface area contributed by atoms with Crippen LogP contribution in [0.5, 0.6) is 0 Å². The van der Waals surface area contributed by atoms with Crippen molar-refractivity contribution in [1.29, 1.82) is 0 Å². The molecule has 0 unspecified atom stereocenters. The van der Waals surface area contributed by atoms with Gasteiger partial charge in [0.1, 0.15) is 12.2 Å². The molecule has 0 bridgehead atoms. The summed E-state index contributed by atoms with van der Waals surface area (Å²) in [6, 6.07) is 0. The average Bonchev–Trinajstić information content (AvgIpc) is 3.41. The lowest BCUT2D eigenvalue weighted by Crippen LogP contribution is -2.41. The maximum absolute atomic E-state index is 11.7. The zero-order chi connectivity index (χ0) is 33.2. The van der Waals surface area contributed by atoms with Crippen LogP contribution in [0.4, 0.5) is 0 Å². The van der Waals surface area contributed by atoms with Gasteiger partial charge in [-0.25, -0.2) is 9.59 Å². The quantitative estimate of drug-likeness (QED) is 0.210. The predicted molar refractivity (Wildman–Crippen MR) is 161 cm³/mol. The van der Waals surface area contributed by atoms with Crippen LogP contribution in [0.3, 0.4) is 0 Å². The van der Waals surface area contributed by atoms with Crippen LogP contribution in [-0.2, 0) is 33.0 Å². The third kappa shape index (κ3) is 9.45. The molecule has 12 nitrogen and oxygen atoms in total. The van der Waals surface area contributed by atoms with Gasteiger partial charge in [0.25, 0.3) is 8.32 Å². The van der Waals surface area contributed by atoms with E-state index in [9.17, 15) is 24.9 Å². The lowest BCUT2D eigenvalue weighted by atomic mass is 10.2. The van der Waals surface area contributed by atoms with Crippen molar-refractivity contribution in [1.82, 2.24) is 0 Å². The summed E-state index contributed by atoms with van der Waals surface area (Å²) >= 11 is 0. The highest BCUT2D eigenvalue weighted by Gasteiger charge is 2.47. The van der Waals surface area contributed by atoms with E-state index >= 15 is 0 Å². The van der Waals surface area contributed by atoms with E-state index in [4.69, 9.17) is 33.6 Å². The zero-order valence-corrected chi connectivity index (χ0v) is 29.3. The van der Waals surface area contributed by atoms with Crippen LogP contribution in [0.1, 0.15) is 55.4 Å². The molecule has 0 aromatic carbocycles. The molecule has 3 heterocycles. The van der Waals surface area contributed by atoms with E-state index < -0.39 is 82.4 Å². The van der Waals surface area contributed by atoms with E-state index in [1.807, 2.05) is 33.9 Å². The van der Waals surface area contributed by atoms with Crippen LogP contribution in [0.2, 0.25) is 42.8 Å². The number of aliphatic hydroxyl groups is 5. The normalized spacial score (nSPS) is 25.3. The summed E-state index contributed by atoms with van der Waals surface area (Å²) in [4.78, 5) is 22.6. The molecule has 0 aromatic rings. The minimum absolute atomic E-state index is 0.145. The lowest BCUT2D eigenvalue weighted by Gasteiger charge is -2.36. The number of carbonyl (C=O) groups excluding carboxylic acids is 2. The molecule has 0 radical (unpaired) electrons. The summed E-state index contributed by atoms with van der Waals surface area (Å²) in [6.07, 6.45) is -4.17. The van der Waals surface area contributed by atoms with Crippen molar-refractivity contribution in [2.24, 2.45) is 0 Å². The number of esters is 2. The Bertz CT molecular complexity index is 1030. The van der Waals surface area contributed by atoms with Crippen LogP contribution < -0.4 is 0 Å². The van der Waals surface area contributed by atoms with Gasteiger partial charge in [-0.3, -0.25) is 0 Å². The third-order valence-corrected chi connectivity index (χ3v) is 17.0. The number of hydrogen-bond donors (Lipinski definition) is 5. The second kappa shape index (κ2) is 13.3. The predicted octanol–water partition coefficient (Wildman–Crippen LogP) is 4.57. The number of ether oxygens (including phenoxy) is 4. The van der Waals surface area contributed by atoms with Crippen molar-refractivity contribution in [2.75, 3.05) is 13.2 Å². The fourth-order valence-corrected chi connectivity index (χ4v) is 3.90. The van der Waals surface area contributed by atoms with Gasteiger partial charge in [-0.2, -0.15) is 0 Å². The second-order valence-corrected chi connectivity index (χ2v) is 25.3. The molecule has 3 rings (SSSR count). The summed E-state index contributed by atoms with van der Waals surface area (Å²) in [5.41, 5.74) is 0. The molecular formula is C28H52O12Si2. The van der Waals surface area contributed by atoms with E-state index in [0.717, 1.165) is 0 Å². The van der Waals surface area contributed by atoms with Gasteiger partial charge in [0, 0.05) is 8.07 Å². The van der Waals surface area contributed by atoms with E-state index in [1.54, 1.807) is 13.8 Å². The molecule has 14 heteroatoms. The topological polar surface area (TPSA) is 181 Å².